The monoisotopic (exact) mass is 300 g/mol. The van der Waals surface area contributed by atoms with Crippen molar-refractivity contribution in [2.45, 2.75) is 52.1 Å². The molecule has 120 valence electrons. The van der Waals surface area contributed by atoms with Gasteiger partial charge in [0.05, 0.1) is 19.3 Å². The number of hydrogen-bond donors (Lipinski definition) is 0. The second kappa shape index (κ2) is 8.77. The van der Waals surface area contributed by atoms with Gasteiger partial charge in [0, 0.05) is 19.4 Å². The van der Waals surface area contributed by atoms with Crippen LogP contribution in [0.3, 0.4) is 0 Å². The molecule has 1 saturated heterocycles. The summed E-state index contributed by atoms with van der Waals surface area (Å²) in [7, 11) is 0. The van der Waals surface area contributed by atoms with E-state index in [1.165, 1.54) is 0 Å². The third-order valence-corrected chi connectivity index (χ3v) is 3.61. The summed E-state index contributed by atoms with van der Waals surface area (Å²) in [5.41, 5.74) is -1.59. The van der Waals surface area contributed by atoms with Crippen LogP contribution >= 0.6 is 0 Å². The number of ether oxygens (including phenoxy) is 3. The van der Waals surface area contributed by atoms with Crippen LogP contribution in [-0.2, 0) is 28.6 Å². The summed E-state index contributed by atoms with van der Waals surface area (Å²) in [6.45, 7) is 4.21. The topological polar surface area (TPSA) is 78.9 Å². The molecule has 0 bridgehead atoms. The van der Waals surface area contributed by atoms with Gasteiger partial charge in [-0.15, -0.1) is 0 Å². The Morgan fingerprint density at radius 1 is 1.19 bits per heavy atom. The van der Waals surface area contributed by atoms with E-state index in [0.717, 1.165) is 19.3 Å². The van der Waals surface area contributed by atoms with Crippen LogP contribution in [0.4, 0.5) is 0 Å². The Kier molecular flexibility index (Phi) is 7.36. The van der Waals surface area contributed by atoms with E-state index in [4.69, 9.17) is 14.2 Å². The first-order valence-electron chi connectivity index (χ1n) is 7.50. The van der Waals surface area contributed by atoms with Gasteiger partial charge in [0.25, 0.3) is 0 Å². The van der Waals surface area contributed by atoms with Gasteiger partial charge in [-0.3, -0.25) is 9.59 Å². The maximum atomic E-state index is 12.3. The van der Waals surface area contributed by atoms with Gasteiger partial charge in [0.2, 0.25) is 0 Å². The van der Waals surface area contributed by atoms with Crippen LogP contribution in [0.2, 0.25) is 0 Å². The SMILES string of the molecule is CCOC(=O)C(CC=O)(CC1CCCCO1)C(=O)OCC. The van der Waals surface area contributed by atoms with E-state index >= 15 is 0 Å². The summed E-state index contributed by atoms with van der Waals surface area (Å²) in [5.74, 6) is -1.41. The molecule has 1 aliphatic heterocycles. The fraction of sp³-hybridized carbons (Fsp3) is 0.800. The highest BCUT2D eigenvalue weighted by Gasteiger charge is 2.50. The lowest BCUT2D eigenvalue weighted by Gasteiger charge is -2.32. The lowest BCUT2D eigenvalue weighted by Crippen LogP contribution is -2.45. The molecule has 1 aliphatic rings. The second-order valence-corrected chi connectivity index (χ2v) is 5.09. The van der Waals surface area contributed by atoms with Gasteiger partial charge in [-0.25, -0.2) is 0 Å². The van der Waals surface area contributed by atoms with E-state index in [0.29, 0.717) is 12.9 Å². The molecule has 0 spiro atoms. The lowest BCUT2D eigenvalue weighted by atomic mass is 9.78. The molecule has 0 amide bonds. The first-order chi connectivity index (χ1) is 10.1. The minimum Gasteiger partial charge on any atom is -0.465 e. The molecule has 0 aromatic heterocycles. The van der Waals surface area contributed by atoms with Crippen molar-refractivity contribution in [3.63, 3.8) is 0 Å². The van der Waals surface area contributed by atoms with Crippen LogP contribution in [0.15, 0.2) is 0 Å². The summed E-state index contributed by atoms with van der Waals surface area (Å²) in [4.78, 5) is 35.6. The zero-order valence-corrected chi connectivity index (χ0v) is 12.8. The van der Waals surface area contributed by atoms with Crippen LogP contribution in [0, 0.1) is 5.41 Å². The highest BCUT2D eigenvalue weighted by atomic mass is 16.6. The molecule has 0 radical (unpaired) electrons. The number of rotatable bonds is 8. The summed E-state index contributed by atoms with van der Waals surface area (Å²) in [6, 6.07) is 0. The predicted octanol–water partition coefficient (Wildman–Crippen LogP) is 1.65. The third kappa shape index (κ3) is 4.52. The maximum Gasteiger partial charge on any atom is 0.324 e. The van der Waals surface area contributed by atoms with Gasteiger partial charge in [-0.2, -0.15) is 0 Å². The Morgan fingerprint density at radius 3 is 2.24 bits per heavy atom. The van der Waals surface area contributed by atoms with E-state index < -0.39 is 17.4 Å². The Hall–Kier alpha value is -1.43. The van der Waals surface area contributed by atoms with Gasteiger partial charge in [-0.05, 0) is 33.1 Å². The van der Waals surface area contributed by atoms with Crippen molar-refractivity contribution >= 4 is 18.2 Å². The van der Waals surface area contributed by atoms with E-state index in [9.17, 15) is 14.4 Å². The van der Waals surface area contributed by atoms with Crippen LogP contribution in [0.25, 0.3) is 0 Å². The van der Waals surface area contributed by atoms with Crippen molar-refractivity contribution in [1.29, 1.82) is 0 Å². The fourth-order valence-electron chi connectivity index (χ4n) is 2.54. The number of hydrogen-bond acceptors (Lipinski definition) is 6. The molecular weight excluding hydrogens is 276 g/mol. The van der Waals surface area contributed by atoms with Crippen molar-refractivity contribution in [2.75, 3.05) is 19.8 Å². The molecule has 21 heavy (non-hydrogen) atoms. The molecule has 1 unspecified atom stereocenters. The van der Waals surface area contributed by atoms with E-state index in [1.54, 1.807) is 13.8 Å². The van der Waals surface area contributed by atoms with Crippen LogP contribution < -0.4 is 0 Å². The zero-order chi connectivity index (χ0) is 15.7. The number of esters is 2. The van der Waals surface area contributed by atoms with Crippen molar-refractivity contribution in [2.24, 2.45) is 5.41 Å². The Morgan fingerprint density at radius 2 is 1.81 bits per heavy atom. The predicted molar refractivity (Wildman–Crippen MR) is 74.6 cm³/mol. The number of carbonyl (C=O) groups is 3. The van der Waals surface area contributed by atoms with Gasteiger partial charge in [-0.1, -0.05) is 0 Å². The minimum absolute atomic E-state index is 0.128. The summed E-state index contributed by atoms with van der Waals surface area (Å²) >= 11 is 0. The quantitative estimate of drug-likeness (QED) is 0.385. The Balaban J connectivity index is 2.99. The van der Waals surface area contributed by atoms with Crippen molar-refractivity contribution in [1.82, 2.24) is 0 Å². The van der Waals surface area contributed by atoms with Gasteiger partial charge in [0.1, 0.15) is 6.29 Å². The standard InChI is InChI=1S/C15H24O6/c1-3-19-13(17)15(8-9-16,14(18)20-4-2)11-12-7-5-6-10-21-12/h9,12H,3-8,10-11H2,1-2H3. The van der Waals surface area contributed by atoms with Gasteiger partial charge in [0.15, 0.2) is 5.41 Å². The highest BCUT2D eigenvalue weighted by Crippen LogP contribution is 2.34. The lowest BCUT2D eigenvalue weighted by molar-refractivity contribution is -0.177. The van der Waals surface area contributed by atoms with Crippen LogP contribution in [0.5, 0.6) is 0 Å². The van der Waals surface area contributed by atoms with Crippen molar-refractivity contribution < 1.29 is 28.6 Å². The molecule has 0 N–H and O–H groups in total. The molecule has 1 fully saturated rings. The van der Waals surface area contributed by atoms with Gasteiger partial charge < -0.3 is 19.0 Å². The molecule has 1 rings (SSSR count). The Bertz CT molecular complexity index is 341. The second-order valence-electron chi connectivity index (χ2n) is 5.09. The number of aldehydes is 1. The molecular formula is C15H24O6. The zero-order valence-electron chi connectivity index (χ0n) is 12.8. The summed E-state index contributed by atoms with van der Waals surface area (Å²) in [5, 5.41) is 0. The average Bonchev–Trinajstić information content (AvgIpc) is 2.48. The number of carbonyl (C=O) groups excluding carboxylic acids is 3. The van der Waals surface area contributed by atoms with Crippen LogP contribution in [0.1, 0.15) is 46.0 Å². The molecule has 6 nitrogen and oxygen atoms in total. The average molecular weight is 300 g/mol. The molecule has 0 aromatic rings. The molecule has 1 heterocycles. The third-order valence-electron chi connectivity index (χ3n) is 3.61. The fourth-order valence-corrected chi connectivity index (χ4v) is 2.54. The van der Waals surface area contributed by atoms with Crippen LogP contribution in [-0.4, -0.2) is 44.1 Å². The smallest absolute Gasteiger partial charge is 0.324 e. The minimum atomic E-state index is -1.59. The molecule has 0 aromatic carbocycles. The molecule has 0 aliphatic carbocycles. The normalized spacial score (nSPS) is 18.9. The van der Waals surface area contributed by atoms with Crippen molar-refractivity contribution in [3.05, 3.63) is 0 Å². The first-order valence-corrected chi connectivity index (χ1v) is 7.50. The molecule has 1 atom stereocenters. The summed E-state index contributed by atoms with van der Waals surface area (Å²) < 4.78 is 15.6. The maximum absolute atomic E-state index is 12.3. The highest BCUT2D eigenvalue weighted by molar-refractivity contribution is 6.02. The largest absolute Gasteiger partial charge is 0.465 e. The van der Waals surface area contributed by atoms with E-state index in [2.05, 4.69) is 0 Å². The Labute approximate surface area is 125 Å². The van der Waals surface area contributed by atoms with Crippen molar-refractivity contribution in [3.8, 4) is 0 Å². The first kappa shape index (κ1) is 17.6. The molecule has 0 saturated carbocycles. The molecule has 6 heteroatoms. The van der Waals surface area contributed by atoms with E-state index in [1.807, 2.05) is 0 Å². The summed E-state index contributed by atoms with van der Waals surface area (Å²) in [6.07, 6.45) is 2.93. The van der Waals surface area contributed by atoms with Gasteiger partial charge >= 0.3 is 11.9 Å². The van der Waals surface area contributed by atoms with E-state index in [-0.39, 0.29) is 32.2 Å².